The summed E-state index contributed by atoms with van der Waals surface area (Å²) >= 11 is 0. The molecule has 78 valence electrons. The lowest BCUT2D eigenvalue weighted by atomic mass is 10.2. The summed E-state index contributed by atoms with van der Waals surface area (Å²) in [5.74, 6) is 0. The van der Waals surface area contributed by atoms with Crippen LogP contribution >= 0.6 is 0 Å². The van der Waals surface area contributed by atoms with Crippen molar-refractivity contribution in [3.05, 3.63) is 54.4 Å². The van der Waals surface area contributed by atoms with Gasteiger partial charge in [0.2, 0.25) is 0 Å². The number of hydrogen-bond acceptors (Lipinski definition) is 1. The van der Waals surface area contributed by atoms with Crippen LogP contribution in [0.3, 0.4) is 0 Å². The van der Waals surface area contributed by atoms with Gasteiger partial charge in [-0.05, 0) is 37.3 Å². The molecule has 0 saturated carbocycles. The maximum atomic E-state index is 4.66. The van der Waals surface area contributed by atoms with Crippen molar-refractivity contribution in [2.45, 2.75) is 6.92 Å². The quantitative estimate of drug-likeness (QED) is 0.598. The van der Waals surface area contributed by atoms with Gasteiger partial charge >= 0.3 is 0 Å². The molecule has 2 heterocycles. The average Bonchev–Trinajstić information content (AvgIpc) is 2.79. The molecule has 0 N–H and O–H groups in total. The van der Waals surface area contributed by atoms with Gasteiger partial charge in [0.15, 0.2) is 0 Å². The second-order valence-electron chi connectivity index (χ2n) is 3.75. The summed E-state index contributed by atoms with van der Waals surface area (Å²) in [6.07, 6.45) is 6.14. The van der Waals surface area contributed by atoms with Gasteiger partial charge in [0.1, 0.15) is 0 Å². The van der Waals surface area contributed by atoms with Crippen LogP contribution in [0, 0.1) is 0 Å². The summed E-state index contributed by atoms with van der Waals surface area (Å²) in [6.45, 7) is 2.01. The Morgan fingerprint density at radius 3 is 2.75 bits per heavy atom. The number of fused-ring (bicyclic) bond motifs is 3. The molecule has 3 aromatic rings. The molecule has 0 saturated heterocycles. The first-order valence-electron chi connectivity index (χ1n) is 5.38. The van der Waals surface area contributed by atoms with Crippen LogP contribution in [0.2, 0.25) is 0 Å². The van der Waals surface area contributed by atoms with Crippen molar-refractivity contribution >= 4 is 22.6 Å². The Morgan fingerprint density at radius 2 is 1.88 bits per heavy atom. The molecule has 0 radical (unpaired) electrons. The topological polar surface area (TPSA) is 17.3 Å². The van der Waals surface area contributed by atoms with E-state index in [9.17, 15) is 0 Å². The van der Waals surface area contributed by atoms with Crippen molar-refractivity contribution in [3.63, 3.8) is 0 Å². The van der Waals surface area contributed by atoms with Gasteiger partial charge in [0.05, 0.1) is 22.2 Å². The fourth-order valence-corrected chi connectivity index (χ4v) is 2.03. The molecule has 0 spiro atoms. The van der Waals surface area contributed by atoms with Crippen molar-refractivity contribution in [1.29, 1.82) is 0 Å². The largest absolute Gasteiger partial charge is 0.313 e. The minimum atomic E-state index is 1.02. The lowest BCUT2D eigenvalue weighted by molar-refractivity contribution is 1.21. The van der Waals surface area contributed by atoms with Crippen LogP contribution < -0.4 is 0 Å². The van der Waals surface area contributed by atoms with Crippen LogP contribution in [-0.2, 0) is 0 Å². The molecular formula is C14H12N2. The monoisotopic (exact) mass is 208 g/mol. The number of hydrogen-bond donors (Lipinski definition) is 0. The number of nitrogens with zero attached hydrogens (tertiary/aromatic N) is 2. The van der Waals surface area contributed by atoms with Crippen molar-refractivity contribution in [3.8, 4) is 0 Å². The van der Waals surface area contributed by atoms with Crippen molar-refractivity contribution < 1.29 is 0 Å². The minimum absolute atomic E-state index is 1.02. The fraction of sp³-hybridized carbons (Fsp3) is 0.0714. The van der Waals surface area contributed by atoms with Crippen LogP contribution in [0.15, 0.2) is 48.7 Å². The second kappa shape index (κ2) is 3.49. The van der Waals surface area contributed by atoms with Gasteiger partial charge in [-0.15, -0.1) is 0 Å². The lowest BCUT2D eigenvalue weighted by Crippen LogP contribution is -1.93. The molecule has 0 fully saturated rings. The maximum Gasteiger partial charge on any atom is 0.0878 e. The number of aromatic nitrogens is 2. The van der Waals surface area contributed by atoms with Gasteiger partial charge in [0.25, 0.3) is 0 Å². The Labute approximate surface area is 93.9 Å². The van der Waals surface area contributed by atoms with Gasteiger partial charge in [-0.25, -0.2) is 4.98 Å². The Balaban J connectivity index is 2.53. The summed E-state index contributed by atoms with van der Waals surface area (Å²) in [4.78, 5) is 4.66. The van der Waals surface area contributed by atoms with Gasteiger partial charge in [-0.3, -0.25) is 0 Å². The zero-order valence-electron chi connectivity index (χ0n) is 9.09. The molecule has 3 rings (SSSR count). The molecule has 0 aliphatic rings. The standard InChI is InChI=1S/C14H12N2/c1-2-6-11-14-9-5-10-16(14)13-8-4-3-7-12(13)15-11/h2-10H,1H3/b6-2-. The van der Waals surface area contributed by atoms with E-state index in [2.05, 4.69) is 33.8 Å². The van der Waals surface area contributed by atoms with E-state index in [1.807, 2.05) is 37.3 Å². The number of benzene rings is 1. The molecule has 2 aromatic heterocycles. The summed E-state index contributed by atoms with van der Waals surface area (Å²) in [6, 6.07) is 12.3. The summed E-state index contributed by atoms with van der Waals surface area (Å²) in [5, 5.41) is 0. The molecule has 0 atom stereocenters. The number of rotatable bonds is 1. The number of para-hydroxylation sites is 2. The van der Waals surface area contributed by atoms with Gasteiger partial charge in [-0.1, -0.05) is 18.2 Å². The highest BCUT2D eigenvalue weighted by molar-refractivity contribution is 5.82. The third kappa shape index (κ3) is 1.23. The molecule has 0 amide bonds. The molecule has 0 aliphatic carbocycles. The van der Waals surface area contributed by atoms with Crippen LogP contribution in [0.1, 0.15) is 12.6 Å². The van der Waals surface area contributed by atoms with E-state index in [0.29, 0.717) is 0 Å². The molecule has 0 aliphatic heterocycles. The number of allylic oxidation sites excluding steroid dienone is 1. The van der Waals surface area contributed by atoms with Gasteiger partial charge in [-0.2, -0.15) is 0 Å². The highest BCUT2D eigenvalue weighted by Crippen LogP contribution is 2.19. The molecule has 1 aromatic carbocycles. The molecule has 16 heavy (non-hydrogen) atoms. The maximum absolute atomic E-state index is 4.66. The average molecular weight is 208 g/mol. The Kier molecular flexibility index (Phi) is 2.00. The first kappa shape index (κ1) is 9.16. The highest BCUT2D eigenvalue weighted by atomic mass is 14.9. The molecule has 2 nitrogen and oxygen atoms in total. The SMILES string of the molecule is C/C=C\c1nc2ccccc2n2cccc12. The van der Waals surface area contributed by atoms with E-state index >= 15 is 0 Å². The van der Waals surface area contributed by atoms with Crippen molar-refractivity contribution in [1.82, 2.24) is 9.38 Å². The van der Waals surface area contributed by atoms with Gasteiger partial charge < -0.3 is 4.40 Å². The van der Waals surface area contributed by atoms with E-state index in [1.54, 1.807) is 0 Å². The van der Waals surface area contributed by atoms with Crippen molar-refractivity contribution in [2.24, 2.45) is 0 Å². The first-order chi connectivity index (χ1) is 7.90. The first-order valence-corrected chi connectivity index (χ1v) is 5.38. The third-order valence-electron chi connectivity index (χ3n) is 2.72. The zero-order valence-corrected chi connectivity index (χ0v) is 9.09. The van der Waals surface area contributed by atoms with E-state index in [4.69, 9.17) is 0 Å². The Hall–Kier alpha value is -2.09. The predicted molar refractivity (Wildman–Crippen MR) is 67.4 cm³/mol. The van der Waals surface area contributed by atoms with E-state index in [1.165, 1.54) is 0 Å². The molecule has 0 unspecified atom stereocenters. The highest BCUT2D eigenvalue weighted by Gasteiger charge is 2.04. The second-order valence-corrected chi connectivity index (χ2v) is 3.75. The van der Waals surface area contributed by atoms with Gasteiger partial charge in [0, 0.05) is 6.20 Å². The van der Waals surface area contributed by atoms with E-state index < -0.39 is 0 Å². The molecule has 2 heteroatoms. The Morgan fingerprint density at radius 1 is 1.06 bits per heavy atom. The van der Waals surface area contributed by atoms with Crippen LogP contribution in [-0.4, -0.2) is 9.38 Å². The normalized spacial score (nSPS) is 11.8. The molecular weight excluding hydrogens is 196 g/mol. The third-order valence-corrected chi connectivity index (χ3v) is 2.72. The van der Waals surface area contributed by atoms with Crippen LogP contribution in [0.5, 0.6) is 0 Å². The predicted octanol–water partition coefficient (Wildman–Crippen LogP) is 3.52. The molecule has 0 bridgehead atoms. The summed E-state index contributed by atoms with van der Waals surface area (Å²) in [7, 11) is 0. The summed E-state index contributed by atoms with van der Waals surface area (Å²) in [5.41, 5.74) is 4.35. The van der Waals surface area contributed by atoms with Crippen molar-refractivity contribution in [2.75, 3.05) is 0 Å². The lowest BCUT2D eigenvalue weighted by Gasteiger charge is -2.05. The zero-order chi connectivity index (χ0) is 11.0. The summed E-state index contributed by atoms with van der Waals surface area (Å²) < 4.78 is 2.18. The van der Waals surface area contributed by atoms with E-state index in [-0.39, 0.29) is 0 Å². The van der Waals surface area contributed by atoms with Crippen LogP contribution in [0.25, 0.3) is 22.6 Å². The minimum Gasteiger partial charge on any atom is -0.313 e. The fourth-order valence-electron chi connectivity index (χ4n) is 2.03. The van der Waals surface area contributed by atoms with Crippen LogP contribution in [0.4, 0.5) is 0 Å². The van der Waals surface area contributed by atoms with E-state index in [0.717, 1.165) is 22.2 Å². The smallest absolute Gasteiger partial charge is 0.0878 e. The Bertz CT molecular complexity index is 677.